The van der Waals surface area contributed by atoms with E-state index in [2.05, 4.69) is 41.4 Å². The number of hydrogen-bond donors (Lipinski definition) is 1. The highest BCUT2D eigenvalue weighted by molar-refractivity contribution is 5.97. The third-order valence-electron chi connectivity index (χ3n) is 7.39. The van der Waals surface area contributed by atoms with Crippen molar-refractivity contribution in [2.45, 2.75) is 51.0 Å². The molecule has 36 heavy (non-hydrogen) atoms. The number of nitrogens with zero attached hydrogens (tertiary/aromatic N) is 2. The van der Waals surface area contributed by atoms with Gasteiger partial charge in [-0.3, -0.25) is 14.4 Å². The molecule has 3 atom stereocenters. The third-order valence-corrected chi connectivity index (χ3v) is 7.39. The van der Waals surface area contributed by atoms with Crippen LogP contribution < -0.4 is 5.32 Å². The fourth-order valence-corrected chi connectivity index (χ4v) is 4.94. The van der Waals surface area contributed by atoms with Crippen molar-refractivity contribution >= 4 is 17.6 Å². The molecule has 0 spiro atoms. The van der Waals surface area contributed by atoms with E-state index in [0.717, 1.165) is 19.5 Å². The number of hydrogen-bond acceptors (Lipinski definition) is 4. The SMILES string of the molecule is Cc1ccc([C@@H]2C[C@H]2CC(=O)CCC[C@H](NC(=O)c2ccc(F)cc2)C(=O)N2CCN(C)CC2)cc1. The van der Waals surface area contributed by atoms with Crippen molar-refractivity contribution in [3.05, 3.63) is 71.0 Å². The van der Waals surface area contributed by atoms with E-state index in [1.54, 1.807) is 4.90 Å². The summed E-state index contributed by atoms with van der Waals surface area (Å²) in [5.41, 5.74) is 2.85. The van der Waals surface area contributed by atoms with E-state index in [-0.39, 0.29) is 11.7 Å². The molecule has 1 saturated carbocycles. The second-order valence-electron chi connectivity index (χ2n) is 10.3. The van der Waals surface area contributed by atoms with E-state index in [1.165, 1.54) is 35.4 Å². The first-order chi connectivity index (χ1) is 17.3. The largest absolute Gasteiger partial charge is 0.340 e. The van der Waals surface area contributed by atoms with Gasteiger partial charge in [0, 0.05) is 44.6 Å². The zero-order chi connectivity index (χ0) is 25.7. The minimum Gasteiger partial charge on any atom is -0.340 e. The fraction of sp³-hybridized carbons (Fsp3) is 0.483. The Kier molecular flexibility index (Phi) is 8.52. The zero-order valence-corrected chi connectivity index (χ0v) is 21.2. The Balaban J connectivity index is 1.30. The van der Waals surface area contributed by atoms with Crippen LogP contribution in [0.3, 0.4) is 0 Å². The van der Waals surface area contributed by atoms with Crippen LogP contribution in [-0.2, 0) is 9.59 Å². The summed E-state index contributed by atoms with van der Waals surface area (Å²) < 4.78 is 13.3. The molecule has 2 aliphatic rings. The zero-order valence-electron chi connectivity index (χ0n) is 21.2. The van der Waals surface area contributed by atoms with Gasteiger partial charge in [0.1, 0.15) is 17.6 Å². The van der Waals surface area contributed by atoms with Crippen LogP contribution in [0.4, 0.5) is 4.39 Å². The molecule has 2 fully saturated rings. The van der Waals surface area contributed by atoms with Crippen molar-refractivity contribution in [1.29, 1.82) is 0 Å². The lowest BCUT2D eigenvalue weighted by molar-refractivity contribution is -0.135. The van der Waals surface area contributed by atoms with E-state index >= 15 is 0 Å². The molecule has 0 bridgehead atoms. The molecular formula is C29H36FN3O3. The second-order valence-corrected chi connectivity index (χ2v) is 10.3. The van der Waals surface area contributed by atoms with Gasteiger partial charge in [-0.25, -0.2) is 4.39 Å². The fourth-order valence-electron chi connectivity index (χ4n) is 4.94. The number of aryl methyl sites for hydroxylation is 1. The number of Topliss-reactive ketones (excluding diaryl/α,β-unsaturated/α-hetero) is 1. The Morgan fingerprint density at radius 3 is 2.33 bits per heavy atom. The number of halogens is 1. The summed E-state index contributed by atoms with van der Waals surface area (Å²) in [6.45, 7) is 4.86. The van der Waals surface area contributed by atoms with Crippen LogP contribution in [0.1, 0.15) is 59.5 Å². The summed E-state index contributed by atoms with van der Waals surface area (Å²) in [6, 6.07) is 13.1. The summed E-state index contributed by atoms with van der Waals surface area (Å²) in [5, 5.41) is 2.84. The number of ketones is 1. The quantitative estimate of drug-likeness (QED) is 0.544. The van der Waals surface area contributed by atoms with Crippen LogP contribution in [0, 0.1) is 18.7 Å². The summed E-state index contributed by atoms with van der Waals surface area (Å²) >= 11 is 0. The number of piperazine rings is 1. The predicted octanol–water partition coefficient (Wildman–Crippen LogP) is 3.94. The van der Waals surface area contributed by atoms with E-state index in [0.29, 0.717) is 56.2 Å². The lowest BCUT2D eigenvalue weighted by atomic mass is 10.0. The molecule has 6 nitrogen and oxygen atoms in total. The van der Waals surface area contributed by atoms with E-state index in [1.807, 2.05) is 7.05 Å². The van der Waals surface area contributed by atoms with E-state index < -0.39 is 17.8 Å². The molecule has 2 amide bonds. The standard InChI is InChI=1S/C29H36FN3O3/c1-20-6-8-21(9-7-20)26-19-23(26)18-25(34)4-3-5-27(29(36)33-16-14-32(2)15-17-33)31-28(35)22-10-12-24(30)13-11-22/h6-13,23,26-27H,3-5,14-19H2,1-2H3,(H,31,35)/t23-,26+,27+/m1/s1. The van der Waals surface area contributed by atoms with Gasteiger partial charge in [0.25, 0.3) is 5.91 Å². The van der Waals surface area contributed by atoms with Crippen molar-refractivity contribution in [2.75, 3.05) is 33.2 Å². The number of nitrogens with one attached hydrogen (secondary N) is 1. The number of likely N-dealkylation sites (N-methyl/N-ethyl adjacent to an activating group) is 1. The van der Waals surface area contributed by atoms with Crippen LogP contribution >= 0.6 is 0 Å². The molecule has 0 unspecified atom stereocenters. The molecule has 7 heteroatoms. The topological polar surface area (TPSA) is 69.7 Å². The van der Waals surface area contributed by atoms with Crippen molar-refractivity contribution in [1.82, 2.24) is 15.1 Å². The highest BCUT2D eigenvalue weighted by Crippen LogP contribution is 2.49. The van der Waals surface area contributed by atoms with Gasteiger partial charge in [-0.2, -0.15) is 0 Å². The van der Waals surface area contributed by atoms with Crippen LogP contribution in [0.25, 0.3) is 0 Å². The highest BCUT2D eigenvalue weighted by Gasteiger charge is 2.39. The van der Waals surface area contributed by atoms with Crippen molar-refractivity contribution in [3.8, 4) is 0 Å². The molecule has 1 aliphatic carbocycles. The Morgan fingerprint density at radius 2 is 1.67 bits per heavy atom. The molecular weight excluding hydrogens is 457 g/mol. The monoisotopic (exact) mass is 493 g/mol. The van der Waals surface area contributed by atoms with Gasteiger partial charge in [-0.1, -0.05) is 29.8 Å². The lowest BCUT2D eigenvalue weighted by Crippen LogP contribution is -2.54. The normalized spacial score (nSPS) is 20.6. The third kappa shape index (κ3) is 7.00. The number of rotatable bonds is 10. The van der Waals surface area contributed by atoms with Crippen molar-refractivity contribution in [3.63, 3.8) is 0 Å². The molecule has 2 aromatic rings. The number of benzene rings is 2. The van der Waals surface area contributed by atoms with Crippen LogP contribution in [0.15, 0.2) is 48.5 Å². The van der Waals surface area contributed by atoms with Gasteiger partial charge in [0.15, 0.2) is 0 Å². The maximum atomic E-state index is 13.3. The minimum atomic E-state index is -0.708. The molecule has 192 valence electrons. The molecule has 1 aliphatic heterocycles. The minimum absolute atomic E-state index is 0.118. The van der Waals surface area contributed by atoms with Gasteiger partial charge in [0.2, 0.25) is 5.91 Å². The van der Waals surface area contributed by atoms with Gasteiger partial charge >= 0.3 is 0 Å². The highest BCUT2D eigenvalue weighted by atomic mass is 19.1. The number of amides is 2. The molecule has 0 aromatic heterocycles. The summed E-state index contributed by atoms with van der Waals surface area (Å²) in [7, 11) is 2.02. The maximum absolute atomic E-state index is 13.3. The van der Waals surface area contributed by atoms with Crippen LogP contribution in [0.5, 0.6) is 0 Å². The first-order valence-electron chi connectivity index (χ1n) is 12.9. The average Bonchev–Trinajstić information content (AvgIpc) is 3.63. The molecule has 0 radical (unpaired) electrons. The molecule has 1 heterocycles. The van der Waals surface area contributed by atoms with Gasteiger partial charge in [0.05, 0.1) is 0 Å². The molecule has 2 aromatic carbocycles. The summed E-state index contributed by atoms with van der Waals surface area (Å²) in [5.74, 6) is 0.137. The predicted molar refractivity (Wildman–Crippen MR) is 137 cm³/mol. The average molecular weight is 494 g/mol. The Morgan fingerprint density at radius 1 is 1.00 bits per heavy atom. The number of carbonyl (C=O) groups is 3. The van der Waals surface area contributed by atoms with Crippen molar-refractivity contribution < 1.29 is 18.8 Å². The lowest BCUT2D eigenvalue weighted by Gasteiger charge is -2.34. The van der Waals surface area contributed by atoms with E-state index in [4.69, 9.17) is 0 Å². The molecule has 4 rings (SSSR count). The molecule has 1 N–H and O–H groups in total. The van der Waals surface area contributed by atoms with E-state index in [9.17, 15) is 18.8 Å². The van der Waals surface area contributed by atoms with Gasteiger partial charge < -0.3 is 15.1 Å². The van der Waals surface area contributed by atoms with Crippen LogP contribution in [0.2, 0.25) is 0 Å². The maximum Gasteiger partial charge on any atom is 0.251 e. The summed E-state index contributed by atoms with van der Waals surface area (Å²) in [4.78, 5) is 42.6. The Hall–Kier alpha value is -3.06. The van der Waals surface area contributed by atoms with Gasteiger partial charge in [-0.05, 0) is 74.9 Å². The first-order valence-corrected chi connectivity index (χ1v) is 12.9. The Labute approximate surface area is 212 Å². The first kappa shape index (κ1) is 26.0. The molecule has 1 saturated heterocycles. The van der Waals surface area contributed by atoms with Crippen molar-refractivity contribution in [2.24, 2.45) is 5.92 Å². The van der Waals surface area contributed by atoms with Gasteiger partial charge in [-0.15, -0.1) is 0 Å². The second kappa shape index (κ2) is 11.8. The summed E-state index contributed by atoms with van der Waals surface area (Å²) in [6.07, 6.45) is 2.95. The number of carbonyl (C=O) groups excluding carboxylic acids is 3. The van der Waals surface area contributed by atoms with Crippen LogP contribution in [-0.4, -0.2) is 66.7 Å². The smallest absolute Gasteiger partial charge is 0.251 e. The Bertz CT molecular complexity index is 1060.